The van der Waals surface area contributed by atoms with Gasteiger partial charge in [-0.1, -0.05) is 6.92 Å². The summed E-state index contributed by atoms with van der Waals surface area (Å²) in [6.45, 7) is 5.66. The Morgan fingerprint density at radius 1 is 1.43 bits per heavy atom. The fourth-order valence-corrected chi connectivity index (χ4v) is 3.67. The summed E-state index contributed by atoms with van der Waals surface area (Å²) >= 11 is 3.93. The van der Waals surface area contributed by atoms with Gasteiger partial charge in [0.1, 0.15) is 0 Å². The average Bonchev–Trinajstić information content (AvgIpc) is 2.46. The maximum absolute atomic E-state index is 3.65. The van der Waals surface area contributed by atoms with Gasteiger partial charge in [-0.15, -0.1) is 11.3 Å². The first kappa shape index (κ1) is 10.5. The third kappa shape index (κ3) is 2.53. The number of rotatable bonds is 1. The third-order valence-electron chi connectivity index (χ3n) is 2.55. The Balaban J connectivity index is 2.04. The molecule has 0 spiro atoms. The first-order valence-corrected chi connectivity index (χ1v) is 7.15. The lowest BCUT2D eigenvalue weighted by molar-refractivity contribution is 0.518. The van der Waals surface area contributed by atoms with Crippen LogP contribution in [0.5, 0.6) is 0 Å². The molecule has 1 aliphatic rings. The van der Waals surface area contributed by atoms with Crippen LogP contribution in [0.1, 0.15) is 23.4 Å². The first-order chi connectivity index (χ1) is 6.75. The molecular weight excluding hydrogens is 210 g/mol. The Hall–Kier alpha value is 0.01000. The summed E-state index contributed by atoms with van der Waals surface area (Å²) in [5.41, 5.74) is 1.48. The van der Waals surface area contributed by atoms with Crippen molar-refractivity contribution in [2.24, 2.45) is 5.92 Å². The fraction of sp³-hybridized carbons (Fsp3) is 0.636. The standard InChI is InChI=1S/C11H17NS2/c1-8-4-12-11(7-13-5-8)10-3-9(2)14-6-10/h3,6,8,11-12H,4-5,7H2,1-2H3. The molecule has 1 saturated heterocycles. The van der Waals surface area contributed by atoms with Crippen molar-refractivity contribution < 1.29 is 0 Å². The van der Waals surface area contributed by atoms with Crippen molar-refractivity contribution >= 4 is 23.1 Å². The van der Waals surface area contributed by atoms with Crippen molar-refractivity contribution in [3.05, 3.63) is 21.9 Å². The van der Waals surface area contributed by atoms with Crippen LogP contribution in [-0.2, 0) is 0 Å². The van der Waals surface area contributed by atoms with Gasteiger partial charge in [0.2, 0.25) is 0 Å². The summed E-state index contributed by atoms with van der Waals surface area (Å²) in [6.07, 6.45) is 0. The van der Waals surface area contributed by atoms with Crippen LogP contribution in [0.2, 0.25) is 0 Å². The van der Waals surface area contributed by atoms with E-state index in [9.17, 15) is 0 Å². The second-order valence-corrected chi connectivity index (χ2v) is 6.28. The van der Waals surface area contributed by atoms with Crippen LogP contribution in [0.25, 0.3) is 0 Å². The SMILES string of the molecule is Cc1cc(C2CSCC(C)CN2)cs1. The Morgan fingerprint density at radius 3 is 3.00 bits per heavy atom. The largest absolute Gasteiger partial charge is 0.309 e. The van der Waals surface area contributed by atoms with Crippen LogP contribution >= 0.6 is 23.1 Å². The van der Waals surface area contributed by atoms with Gasteiger partial charge < -0.3 is 5.32 Å². The number of thiophene rings is 1. The highest BCUT2D eigenvalue weighted by Crippen LogP contribution is 2.26. The molecule has 3 heteroatoms. The van der Waals surface area contributed by atoms with Crippen LogP contribution in [0, 0.1) is 12.8 Å². The van der Waals surface area contributed by atoms with E-state index >= 15 is 0 Å². The van der Waals surface area contributed by atoms with Gasteiger partial charge in [0, 0.05) is 16.7 Å². The molecule has 0 radical (unpaired) electrons. The van der Waals surface area contributed by atoms with E-state index in [0.717, 1.165) is 12.5 Å². The molecule has 78 valence electrons. The maximum atomic E-state index is 3.65. The monoisotopic (exact) mass is 227 g/mol. The average molecular weight is 227 g/mol. The Morgan fingerprint density at radius 2 is 2.29 bits per heavy atom. The molecule has 2 heterocycles. The van der Waals surface area contributed by atoms with Gasteiger partial charge in [-0.3, -0.25) is 0 Å². The molecule has 1 fully saturated rings. The van der Waals surface area contributed by atoms with Gasteiger partial charge in [-0.05, 0) is 42.1 Å². The van der Waals surface area contributed by atoms with Gasteiger partial charge in [0.25, 0.3) is 0 Å². The Labute approximate surface area is 94.3 Å². The van der Waals surface area contributed by atoms with Crippen molar-refractivity contribution in [2.75, 3.05) is 18.1 Å². The first-order valence-electron chi connectivity index (χ1n) is 5.12. The summed E-state index contributed by atoms with van der Waals surface area (Å²) < 4.78 is 0. The molecule has 1 aromatic heterocycles. The Bertz CT molecular complexity index is 295. The molecule has 0 bridgehead atoms. The van der Waals surface area contributed by atoms with Crippen LogP contribution < -0.4 is 5.32 Å². The fourth-order valence-electron chi connectivity index (χ4n) is 1.71. The van der Waals surface area contributed by atoms with E-state index in [-0.39, 0.29) is 0 Å². The van der Waals surface area contributed by atoms with E-state index in [0.29, 0.717) is 6.04 Å². The molecule has 0 amide bonds. The predicted octanol–water partition coefficient (Wildman–Crippen LogP) is 3.07. The molecule has 1 aromatic rings. The van der Waals surface area contributed by atoms with Crippen molar-refractivity contribution in [2.45, 2.75) is 19.9 Å². The molecule has 0 saturated carbocycles. The van der Waals surface area contributed by atoms with Gasteiger partial charge in [-0.2, -0.15) is 11.8 Å². The maximum Gasteiger partial charge on any atom is 0.0420 e. The molecule has 14 heavy (non-hydrogen) atoms. The van der Waals surface area contributed by atoms with Crippen LogP contribution in [-0.4, -0.2) is 18.1 Å². The number of aryl methyl sites for hydroxylation is 1. The zero-order chi connectivity index (χ0) is 9.97. The van der Waals surface area contributed by atoms with Crippen molar-refractivity contribution in [3.8, 4) is 0 Å². The highest BCUT2D eigenvalue weighted by atomic mass is 32.2. The van der Waals surface area contributed by atoms with Crippen molar-refractivity contribution in [1.29, 1.82) is 0 Å². The second kappa shape index (κ2) is 4.69. The number of hydrogen-bond donors (Lipinski definition) is 1. The lowest BCUT2D eigenvalue weighted by Crippen LogP contribution is -2.25. The number of hydrogen-bond acceptors (Lipinski definition) is 3. The van der Waals surface area contributed by atoms with Crippen molar-refractivity contribution in [1.82, 2.24) is 5.32 Å². The van der Waals surface area contributed by atoms with Gasteiger partial charge >= 0.3 is 0 Å². The van der Waals surface area contributed by atoms with Crippen LogP contribution in [0.3, 0.4) is 0 Å². The topological polar surface area (TPSA) is 12.0 Å². The highest BCUT2D eigenvalue weighted by molar-refractivity contribution is 7.99. The molecule has 0 aromatic carbocycles. The number of nitrogens with one attached hydrogen (secondary N) is 1. The van der Waals surface area contributed by atoms with E-state index < -0.39 is 0 Å². The third-order valence-corrected chi connectivity index (χ3v) is 4.81. The summed E-state index contributed by atoms with van der Waals surface area (Å²) in [5.74, 6) is 3.33. The van der Waals surface area contributed by atoms with Crippen LogP contribution in [0.15, 0.2) is 11.4 Å². The Kier molecular flexibility index (Phi) is 3.52. The lowest BCUT2D eigenvalue weighted by atomic mass is 10.1. The van der Waals surface area contributed by atoms with Gasteiger partial charge in [-0.25, -0.2) is 0 Å². The van der Waals surface area contributed by atoms with E-state index in [1.54, 1.807) is 0 Å². The lowest BCUT2D eigenvalue weighted by Gasteiger charge is -2.14. The minimum atomic E-state index is 0.579. The normalized spacial score (nSPS) is 28.7. The zero-order valence-electron chi connectivity index (χ0n) is 8.75. The summed E-state index contributed by atoms with van der Waals surface area (Å²) in [4.78, 5) is 1.42. The molecule has 2 unspecified atom stereocenters. The van der Waals surface area contributed by atoms with E-state index in [4.69, 9.17) is 0 Å². The number of thioether (sulfide) groups is 1. The summed E-state index contributed by atoms with van der Waals surface area (Å²) in [7, 11) is 0. The van der Waals surface area contributed by atoms with E-state index in [1.165, 1.54) is 21.9 Å². The second-order valence-electron chi connectivity index (χ2n) is 4.09. The zero-order valence-corrected chi connectivity index (χ0v) is 10.4. The predicted molar refractivity (Wildman–Crippen MR) is 66.3 cm³/mol. The van der Waals surface area contributed by atoms with Gasteiger partial charge in [0.05, 0.1) is 0 Å². The molecule has 1 aliphatic heterocycles. The van der Waals surface area contributed by atoms with Crippen LogP contribution in [0.4, 0.5) is 0 Å². The van der Waals surface area contributed by atoms with E-state index in [2.05, 4.69) is 42.4 Å². The molecular formula is C11H17NS2. The van der Waals surface area contributed by atoms with Crippen molar-refractivity contribution in [3.63, 3.8) is 0 Å². The highest BCUT2D eigenvalue weighted by Gasteiger charge is 2.17. The molecule has 1 nitrogen and oxygen atoms in total. The van der Waals surface area contributed by atoms with Gasteiger partial charge in [0.15, 0.2) is 0 Å². The minimum absolute atomic E-state index is 0.579. The molecule has 2 atom stereocenters. The quantitative estimate of drug-likeness (QED) is 0.791. The summed E-state index contributed by atoms with van der Waals surface area (Å²) in [5, 5.41) is 5.94. The molecule has 2 rings (SSSR count). The summed E-state index contributed by atoms with van der Waals surface area (Å²) in [6, 6.07) is 2.90. The minimum Gasteiger partial charge on any atom is -0.309 e. The molecule has 0 aliphatic carbocycles. The smallest absolute Gasteiger partial charge is 0.0420 e. The van der Waals surface area contributed by atoms with E-state index in [1.807, 2.05) is 11.3 Å². The molecule has 1 N–H and O–H groups in total.